The highest BCUT2D eigenvalue weighted by Gasteiger charge is 2.21. The summed E-state index contributed by atoms with van der Waals surface area (Å²) < 4.78 is 16.3. The SMILES string of the molecule is CCCOc1ccc(-c2nonc2NC(=O)C(C)Oc2cccc(C)c2C)cc1. The van der Waals surface area contributed by atoms with E-state index in [1.54, 1.807) is 6.92 Å². The molecule has 0 spiro atoms. The van der Waals surface area contributed by atoms with Crippen LogP contribution in [0.1, 0.15) is 31.4 Å². The van der Waals surface area contributed by atoms with Gasteiger partial charge < -0.3 is 14.8 Å². The zero-order chi connectivity index (χ0) is 20.8. The molecule has 0 saturated heterocycles. The quantitative estimate of drug-likeness (QED) is 0.602. The molecule has 1 amide bonds. The second kappa shape index (κ2) is 9.23. The van der Waals surface area contributed by atoms with E-state index in [4.69, 9.17) is 14.1 Å². The lowest BCUT2D eigenvalue weighted by atomic mass is 10.1. The van der Waals surface area contributed by atoms with Gasteiger partial charge in [-0.15, -0.1) is 0 Å². The van der Waals surface area contributed by atoms with Gasteiger partial charge in [-0.1, -0.05) is 19.1 Å². The van der Waals surface area contributed by atoms with Crippen molar-refractivity contribution < 1.29 is 18.9 Å². The fourth-order valence-electron chi connectivity index (χ4n) is 2.70. The molecule has 1 N–H and O–H groups in total. The van der Waals surface area contributed by atoms with Gasteiger partial charge in [-0.2, -0.15) is 0 Å². The Morgan fingerprint density at radius 3 is 2.62 bits per heavy atom. The second-order valence-corrected chi connectivity index (χ2v) is 6.78. The number of carbonyl (C=O) groups is 1. The van der Waals surface area contributed by atoms with E-state index in [0.717, 1.165) is 28.9 Å². The maximum absolute atomic E-state index is 12.6. The van der Waals surface area contributed by atoms with Crippen LogP contribution in [0.15, 0.2) is 47.1 Å². The van der Waals surface area contributed by atoms with Gasteiger partial charge >= 0.3 is 0 Å². The largest absolute Gasteiger partial charge is 0.494 e. The third-order valence-corrected chi connectivity index (χ3v) is 4.56. The molecule has 1 heterocycles. The number of nitrogens with one attached hydrogen (secondary N) is 1. The number of hydrogen-bond acceptors (Lipinski definition) is 6. The third-order valence-electron chi connectivity index (χ3n) is 4.56. The summed E-state index contributed by atoms with van der Waals surface area (Å²) in [7, 11) is 0. The zero-order valence-electron chi connectivity index (χ0n) is 17.1. The van der Waals surface area contributed by atoms with Crippen molar-refractivity contribution in [3.05, 3.63) is 53.6 Å². The molecule has 152 valence electrons. The lowest BCUT2D eigenvalue weighted by Crippen LogP contribution is -2.30. The number of anilines is 1. The normalized spacial score (nSPS) is 11.7. The van der Waals surface area contributed by atoms with Crippen molar-refractivity contribution in [2.75, 3.05) is 11.9 Å². The zero-order valence-corrected chi connectivity index (χ0v) is 17.1. The predicted octanol–water partition coefficient (Wildman–Crippen LogP) is 4.55. The fraction of sp³-hybridized carbons (Fsp3) is 0.318. The van der Waals surface area contributed by atoms with E-state index >= 15 is 0 Å². The maximum atomic E-state index is 12.6. The van der Waals surface area contributed by atoms with Crippen molar-refractivity contribution in [3.63, 3.8) is 0 Å². The summed E-state index contributed by atoms with van der Waals surface area (Å²) in [6.07, 6.45) is 0.220. The minimum absolute atomic E-state index is 0.244. The van der Waals surface area contributed by atoms with E-state index in [1.807, 2.05) is 56.3 Å². The first-order valence-corrected chi connectivity index (χ1v) is 9.59. The van der Waals surface area contributed by atoms with Gasteiger partial charge in [-0.3, -0.25) is 4.79 Å². The van der Waals surface area contributed by atoms with E-state index < -0.39 is 6.10 Å². The number of hydrogen-bond donors (Lipinski definition) is 1. The third kappa shape index (κ3) is 4.93. The molecule has 0 bridgehead atoms. The molecule has 0 aliphatic rings. The number of aryl methyl sites for hydroxylation is 1. The molecule has 0 saturated carbocycles. The molecule has 0 aliphatic heterocycles. The van der Waals surface area contributed by atoms with Crippen molar-refractivity contribution >= 4 is 11.7 Å². The Bertz CT molecular complexity index is 966. The highest BCUT2D eigenvalue weighted by Crippen LogP contribution is 2.27. The van der Waals surface area contributed by atoms with Crippen LogP contribution in [0.3, 0.4) is 0 Å². The summed E-state index contributed by atoms with van der Waals surface area (Å²) >= 11 is 0. The molecule has 2 aromatic carbocycles. The lowest BCUT2D eigenvalue weighted by Gasteiger charge is -2.16. The molecule has 1 aromatic heterocycles. The molecule has 7 heteroatoms. The lowest BCUT2D eigenvalue weighted by molar-refractivity contribution is -0.122. The Morgan fingerprint density at radius 1 is 1.14 bits per heavy atom. The molecule has 0 radical (unpaired) electrons. The first-order valence-electron chi connectivity index (χ1n) is 9.59. The van der Waals surface area contributed by atoms with E-state index in [9.17, 15) is 4.79 Å². The summed E-state index contributed by atoms with van der Waals surface area (Å²) in [6.45, 7) is 8.35. The van der Waals surface area contributed by atoms with E-state index in [0.29, 0.717) is 18.1 Å². The Morgan fingerprint density at radius 2 is 1.90 bits per heavy atom. The van der Waals surface area contributed by atoms with Crippen molar-refractivity contribution in [1.29, 1.82) is 0 Å². The first-order chi connectivity index (χ1) is 14.0. The van der Waals surface area contributed by atoms with Gasteiger partial charge in [0.1, 0.15) is 11.5 Å². The van der Waals surface area contributed by atoms with Crippen LogP contribution < -0.4 is 14.8 Å². The number of rotatable bonds is 8. The summed E-state index contributed by atoms with van der Waals surface area (Å²) in [4.78, 5) is 12.6. The molecule has 1 atom stereocenters. The van der Waals surface area contributed by atoms with Crippen LogP contribution in [0, 0.1) is 13.8 Å². The molecule has 7 nitrogen and oxygen atoms in total. The molecular weight excluding hydrogens is 370 g/mol. The number of carbonyl (C=O) groups excluding carboxylic acids is 1. The molecule has 3 aromatic rings. The summed E-state index contributed by atoms with van der Waals surface area (Å²) in [5.41, 5.74) is 3.30. The van der Waals surface area contributed by atoms with Crippen LogP contribution >= 0.6 is 0 Å². The van der Waals surface area contributed by atoms with Gasteiger partial charge in [0.05, 0.1) is 6.61 Å². The highest BCUT2D eigenvalue weighted by molar-refractivity contribution is 5.96. The van der Waals surface area contributed by atoms with Crippen LogP contribution in [-0.2, 0) is 4.79 Å². The number of nitrogens with zero attached hydrogens (tertiary/aromatic N) is 2. The van der Waals surface area contributed by atoms with Crippen LogP contribution in [0.5, 0.6) is 11.5 Å². The van der Waals surface area contributed by atoms with Crippen LogP contribution in [0.25, 0.3) is 11.3 Å². The molecule has 3 rings (SSSR count). The predicted molar refractivity (Wildman–Crippen MR) is 110 cm³/mol. The number of benzene rings is 2. The Kier molecular flexibility index (Phi) is 6.49. The van der Waals surface area contributed by atoms with E-state index in [-0.39, 0.29) is 11.7 Å². The Hall–Kier alpha value is -3.35. The van der Waals surface area contributed by atoms with Gasteiger partial charge in [0.25, 0.3) is 5.91 Å². The average molecular weight is 395 g/mol. The Labute approximate surface area is 170 Å². The smallest absolute Gasteiger partial charge is 0.266 e. The van der Waals surface area contributed by atoms with Crippen LogP contribution in [0.2, 0.25) is 0 Å². The average Bonchev–Trinajstić information content (AvgIpc) is 3.18. The number of amides is 1. The molecule has 0 fully saturated rings. The Balaban J connectivity index is 1.69. The van der Waals surface area contributed by atoms with Crippen molar-refractivity contribution in [2.24, 2.45) is 0 Å². The second-order valence-electron chi connectivity index (χ2n) is 6.78. The number of aromatic nitrogens is 2. The van der Waals surface area contributed by atoms with Crippen molar-refractivity contribution in [3.8, 4) is 22.8 Å². The molecule has 1 unspecified atom stereocenters. The molecular formula is C22H25N3O4. The topological polar surface area (TPSA) is 86.5 Å². The first kappa shape index (κ1) is 20.4. The molecule has 29 heavy (non-hydrogen) atoms. The van der Waals surface area contributed by atoms with Gasteiger partial charge in [-0.05, 0) is 79.0 Å². The highest BCUT2D eigenvalue weighted by atomic mass is 16.6. The van der Waals surface area contributed by atoms with Crippen molar-refractivity contribution in [1.82, 2.24) is 10.3 Å². The molecule has 0 aliphatic carbocycles. The van der Waals surface area contributed by atoms with Crippen LogP contribution in [-0.4, -0.2) is 28.9 Å². The number of ether oxygens (including phenoxy) is 2. The standard InChI is InChI=1S/C22H25N3O4/c1-5-13-27-18-11-9-17(10-12-18)20-21(25-29-24-20)23-22(26)16(4)28-19-8-6-7-14(2)15(19)3/h6-12,16H,5,13H2,1-4H3,(H,23,25,26). The minimum atomic E-state index is -0.718. The van der Waals surface area contributed by atoms with Crippen LogP contribution in [0.4, 0.5) is 5.82 Å². The summed E-state index contributed by atoms with van der Waals surface area (Å²) in [6, 6.07) is 13.1. The summed E-state index contributed by atoms with van der Waals surface area (Å²) in [5, 5.41) is 10.5. The van der Waals surface area contributed by atoms with E-state index in [2.05, 4.69) is 22.6 Å². The summed E-state index contributed by atoms with van der Waals surface area (Å²) in [5.74, 6) is 1.35. The maximum Gasteiger partial charge on any atom is 0.266 e. The van der Waals surface area contributed by atoms with Gasteiger partial charge in [-0.25, -0.2) is 4.63 Å². The fourth-order valence-corrected chi connectivity index (χ4v) is 2.70. The monoisotopic (exact) mass is 395 g/mol. The van der Waals surface area contributed by atoms with Gasteiger partial charge in [0.15, 0.2) is 11.8 Å². The van der Waals surface area contributed by atoms with Crippen molar-refractivity contribution in [2.45, 2.75) is 40.2 Å². The van der Waals surface area contributed by atoms with Gasteiger partial charge in [0, 0.05) is 5.56 Å². The van der Waals surface area contributed by atoms with E-state index in [1.165, 1.54) is 0 Å². The van der Waals surface area contributed by atoms with Gasteiger partial charge in [0.2, 0.25) is 5.82 Å². The minimum Gasteiger partial charge on any atom is -0.494 e.